The van der Waals surface area contributed by atoms with Crippen LogP contribution in [-0.2, 0) is 9.53 Å². The first kappa shape index (κ1) is 13.8. The summed E-state index contributed by atoms with van der Waals surface area (Å²) in [5.74, 6) is 2.55. The lowest BCUT2D eigenvalue weighted by molar-refractivity contribution is -0.130. The van der Waals surface area contributed by atoms with E-state index >= 15 is 0 Å². The number of rotatable bonds is 6. The Bertz CT molecular complexity index is 211. The van der Waals surface area contributed by atoms with E-state index in [2.05, 4.69) is 6.92 Å². The van der Waals surface area contributed by atoms with E-state index in [-0.39, 0.29) is 0 Å². The van der Waals surface area contributed by atoms with Crippen LogP contribution in [-0.4, -0.2) is 49.1 Å². The minimum absolute atomic E-state index is 0.305. The van der Waals surface area contributed by atoms with Gasteiger partial charge in [0.25, 0.3) is 0 Å². The van der Waals surface area contributed by atoms with Crippen LogP contribution in [0.5, 0.6) is 0 Å². The van der Waals surface area contributed by atoms with Crippen LogP contribution in [0.4, 0.5) is 0 Å². The molecule has 1 aliphatic heterocycles. The van der Waals surface area contributed by atoms with E-state index in [1.165, 1.54) is 19.3 Å². The zero-order valence-corrected chi connectivity index (χ0v) is 11.2. The van der Waals surface area contributed by atoms with Crippen LogP contribution < -0.4 is 0 Å². The van der Waals surface area contributed by atoms with E-state index in [9.17, 15) is 4.79 Å². The Morgan fingerprint density at radius 2 is 2.38 bits per heavy atom. The smallest absolute Gasteiger partial charge is 0.232 e. The quantitative estimate of drug-likeness (QED) is 0.671. The van der Waals surface area contributed by atoms with Crippen molar-refractivity contribution in [3.8, 4) is 0 Å². The molecule has 0 aromatic rings. The largest absolute Gasteiger partial charge is 0.384 e. The summed E-state index contributed by atoms with van der Waals surface area (Å²) in [6.45, 7) is 4.88. The number of hydrogen-bond donors (Lipinski definition) is 0. The molecule has 0 bridgehead atoms. The van der Waals surface area contributed by atoms with Crippen LogP contribution in [0.2, 0.25) is 0 Å². The number of hydrogen-bond acceptors (Lipinski definition) is 3. The summed E-state index contributed by atoms with van der Waals surface area (Å²) < 4.78 is 4.96. The molecule has 3 nitrogen and oxygen atoms in total. The first-order valence-corrected chi connectivity index (χ1v) is 7.27. The minimum Gasteiger partial charge on any atom is -0.384 e. The summed E-state index contributed by atoms with van der Waals surface area (Å²) in [7, 11) is 1.69. The highest BCUT2D eigenvalue weighted by molar-refractivity contribution is 7.99. The van der Waals surface area contributed by atoms with E-state index in [0.717, 1.165) is 31.4 Å². The summed E-state index contributed by atoms with van der Waals surface area (Å²) in [5, 5.41) is 0. The van der Waals surface area contributed by atoms with Gasteiger partial charge in [0, 0.05) is 26.0 Å². The fraction of sp³-hybridized carbons (Fsp3) is 0.917. The molecule has 0 saturated carbocycles. The molecule has 0 aromatic heterocycles. The number of amides is 1. The lowest BCUT2D eigenvalue weighted by atomic mass is 9.96. The molecule has 0 spiro atoms. The maximum atomic E-state index is 11.9. The monoisotopic (exact) mass is 245 g/mol. The van der Waals surface area contributed by atoms with Crippen molar-refractivity contribution in [3.05, 3.63) is 0 Å². The van der Waals surface area contributed by atoms with Gasteiger partial charge in [0.15, 0.2) is 0 Å². The SMILES string of the molecule is CC[C@H]1CCCN(C(=O)CSCCOC)C1. The molecule has 1 heterocycles. The number of thioether (sulfide) groups is 1. The fourth-order valence-electron chi connectivity index (χ4n) is 2.02. The lowest BCUT2D eigenvalue weighted by Gasteiger charge is -2.32. The Labute approximate surface area is 103 Å². The van der Waals surface area contributed by atoms with E-state index in [1.807, 2.05) is 4.90 Å². The third-order valence-corrected chi connectivity index (χ3v) is 4.01. The van der Waals surface area contributed by atoms with E-state index in [1.54, 1.807) is 18.9 Å². The van der Waals surface area contributed by atoms with Crippen molar-refractivity contribution in [2.45, 2.75) is 26.2 Å². The molecule has 4 heteroatoms. The van der Waals surface area contributed by atoms with Gasteiger partial charge in [-0.15, -0.1) is 11.8 Å². The molecule has 0 radical (unpaired) electrons. The van der Waals surface area contributed by atoms with Gasteiger partial charge in [0.1, 0.15) is 0 Å². The number of likely N-dealkylation sites (tertiary alicyclic amines) is 1. The summed E-state index contributed by atoms with van der Waals surface area (Å²) >= 11 is 1.67. The van der Waals surface area contributed by atoms with Crippen LogP contribution in [0.1, 0.15) is 26.2 Å². The Morgan fingerprint density at radius 1 is 1.56 bits per heavy atom. The first-order chi connectivity index (χ1) is 7.77. The molecule has 1 saturated heterocycles. The Morgan fingerprint density at radius 3 is 3.06 bits per heavy atom. The van der Waals surface area contributed by atoms with Crippen molar-refractivity contribution >= 4 is 17.7 Å². The van der Waals surface area contributed by atoms with Gasteiger partial charge in [-0.3, -0.25) is 4.79 Å². The normalized spacial score (nSPS) is 21.1. The van der Waals surface area contributed by atoms with Crippen LogP contribution in [0, 0.1) is 5.92 Å². The van der Waals surface area contributed by atoms with Gasteiger partial charge < -0.3 is 9.64 Å². The van der Waals surface area contributed by atoms with E-state index < -0.39 is 0 Å². The van der Waals surface area contributed by atoms with Gasteiger partial charge in [-0.1, -0.05) is 13.3 Å². The second-order valence-electron chi connectivity index (χ2n) is 4.30. The predicted molar refractivity (Wildman–Crippen MR) is 68.8 cm³/mol. The van der Waals surface area contributed by atoms with Crippen LogP contribution >= 0.6 is 11.8 Å². The molecule has 0 unspecified atom stereocenters. The molecule has 0 N–H and O–H groups in total. The number of methoxy groups -OCH3 is 1. The average Bonchev–Trinajstić information content (AvgIpc) is 2.34. The maximum absolute atomic E-state index is 11.9. The molecule has 16 heavy (non-hydrogen) atoms. The van der Waals surface area contributed by atoms with Gasteiger partial charge in [-0.2, -0.15) is 0 Å². The minimum atomic E-state index is 0.305. The Balaban J connectivity index is 2.19. The topological polar surface area (TPSA) is 29.5 Å². The summed E-state index contributed by atoms with van der Waals surface area (Å²) in [5.41, 5.74) is 0. The highest BCUT2D eigenvalue weighted by Crippen LogP contribution is 2.19. The van der Waals surface area contributed by atoms with E-state index in [0.29, 0.717) is 11.7 Å². The third-order valence-electron chi connectivity index (χ3n) is 3.11. The number of ether oxygens (including phenoxy) is 1. The highest BCUT2D eigenvalue weighted by atomic mass is 32.2. The molecular formula is C12H23NO2S. The van der Waals surface area contributed by atoms with Crippen LogP contribution in [0.15, 0.2) is 0 Å². The van der Waals surface area contributed by atoms with Gasteiger partial charge in [-0.05, 0) is 18.8 Å². The van der Waals surface area contributed by atoms with Crippen molar-refractivity contribution < 1.29 is 9.53 Å². The number of nitrogens with zero attached hydrogens (tertiary/aromatic N) is 1. The van der Waals surface area contributed by atoms with Gasteiger partial charge in [0.2, 0.25) is 5.91 Å². The van der Waals surface area contributed by atoms with Crippen molar-refractivity contribution in [3.63, 3.8) is 0 Å². The van der Waals surface area contributed by atoms with Gasteiger partial charge in [0.05, 0.1) is 12.4 Å². The average molecular weight is 245 g/mol. The summed E-state index contributed by atoms with van der Waals surface area (Å²) in [6, 6.07) is 0. The zero-order valence-electron chi connectivity index (χ0n) is 10.4. The molecule has 1 aliphatic rings. The van der Waals surface area contributed by atoms with Crippen molar-refractivity contribution in [1.82, 2.24) is 4.90 Å². The second kappa shape index (κ2) is 7.96. The third kappa shape index (κ3) is 4.74. The lowest BCUT2D eigenvalue weighted by Crippen LogP contribution is -2.40. The maximum Gasteiger partial charge on any atom is 0.232 e. The molecular weight excluding hydrogens is 222 g/mol. The molecule has 1 fully saturated rings. The molecule has 94 valence electrons. The second-order valence-corrected chi connectivity index (χ2v) is 5.41. The molecule has 1 rings (SSSR count). The van der Waals surface area contributed by atoms with Crippen molar-refractivity contribution in [1.29, 1.82) is 0 Å². The standard InChI is InChI=1S/C12H23NO2S/c1-3-11-5-4-6-13(9-11)12(14)10-16-8-7-15-2/h11H,3-10H2,1-2H3/t11-/m0/s1. The highest BCUT2D eigenvalue weighted by Gasteiger charge is 2.21. The fourth-order valence-corrected chi connectivity index (χ4v) is 2.80. The van der Waals surface area contributed by atoms with Crippen LogP contribution in [0.3, 0.4) is 0 Å². The number of carbonyl (C=O) groups is 1. The molecule has 1 amide bonds. The Hall–Kier alpha value is -0.220. The molecule has 0 aliphatic carbocycles. The van der Waals surface area contributed by atoms with Crippen molar-refractivity contribution in [2.24, 2.45) is 5.92 Å². The summed E-state index contributed by atoms with van der Waals surface area (Å²) in [4.78, 5) is 13.9. The predicted octanol–water partition coefficient (Wildman–Crippen LogP) is 2.01. The van der Waals surface area contributed by atoms with Crippen molar-refractivity contribution in [2.75, 3.05) is 38.3 Å². The summed E-state index contributed by atoms with van der Waals surface area (Å²) in [6.07, 6.45) is 3.66. The van der Waals surface area contributed by atoms with E-state index in [4.69, 9.17) is 4.74 Å². The van der Waals surface area contributed by atoms with Gasteiger partial charge >= 0.3 is 0 Å². The number of carbonyl (C=O) groups excluding carboxylic acids is 1. The Kier molecular flexibility index (Phi) is 6.88. The van der Waals surface area contributed by atoms with Crippen LogP contribution in [0.25, 0.3) is 0 Å². The van der Waals surface area contributed by atoms with Gasteiger partial charge in [-0.25, -0.2) is 0 Å². The molecule has 1 atom stereocenters. The first-order valence-electron chi connectivity index (χ1n) is 6.12. The number of piperidine rings is 1. The molecule has 0 aromatic carbocycles. The zero-order chi connectivity index (χ0) is 11.8.